The highest BCUT2D eigenvalue weighted by atomic mass is 35.5. The number of nitrogens with two attached hydrogens (primary N) is 1. The molecule has 0 radical (unpaired) electrons. The number of likely N-dealkylation sites (tertiary alicyclic amines) is 1. The maximum Gasteiger partial charge on any atom is 0.227 e. The number of halogens is 1. The van der Waals surface area contributed by atoms with E-state index in [2.05, 4.69) is 0 Å². The van der Waals surface area contributed by atoms with Gasteiger partial charge in [-0.05, 0) is 37.5 Å². The van der Waals surface area contributed by atoms with Crippen LogP contribution in [0.3, 0.4) is 0 Å². The molecule has 4 nitrogen and oxygen atoms in total. The van der Waals surface area contributed by atoms with Crippen LogP contribution < -0.4 is 5.73 Å². The number of hydrogen-bond acceptors (Lipinski definition) is 2. The first-order valence-electron chi connectivity index (χ1n) is 6.80. The summed E-state index contributed by atoms with van der Waals surface area (Å²) < 4.78 is 0. The Balaban J connectivity index is 2.03. The van der Waals surface area contributed by atoms with Crippen LogP contribution in [0.5, 0.6) is 0 Å². The minimum Gasteiger partial charge on any atom is -0.369 e. The van der Waals surface area contributed by atoms with E-state index in [1.165, 1.54) is 0 Å². The maximum atomic E-state index is 12.4. The number of rotatable bonds is 3. The number of nitrogens with zero attached hydrogens (tertiary/aromatic N) is 1. The Bertz CT molecular complexity index is 501. The smallest absolute Gasteiger partial charge is 0.227 e. The van der Waals surface area contributed by atoms with Gasteiger partial charge in [0.2, 0.25) is 11.8 Å². The molecule has 0 bridgehead atoms. The molecule has 20 heavy (non-hydrogen) atoms. The minimum atomic E-state index is -0.318. The maximum absolute atomic E-state index is 12.4. The molecule has 2 rings (SSSR count). The average Bonchev–Trinajstić information content (AvgIpc) is 2.41. The first-order valence-corrected chi connectivity index (χ1v) is 7.18. The van der Waals surface area contributed by atoms with Crippen LogP contribution in [-0.2, 0) is 16.0 Å². The second kappa shape index (κ2) is 6.27. The summed E-state index contributed by atoms with van der Waals surface area (Å²) in [6.45, 7) is 2.44. The summed E-state index contributed by atoms with van der Waals surface area (Å²) >= 11 is 5.83. The lowest BCUT2D eigenvalue weighted by Gasteiger charge is -2.37. The first-order chi connectivity index (χ1) is 9.47. The van der Waals surface area contributed by atoms with Gasteiger partial charge in [0.25, 0.3) is 0 Å². The standard InChI is InChI=1S/C15H19ClN2O2/c1-10-2-5-12(15(17)20)9-18(10)14(19)8-11-3-6-13(16)7-4-11/h3-4,6-7,10,12H,2,5,8-9H2,1H3,(H2,17,20). The van der Waals surface area contributed by atoms with E-state index in [1.807, 2.05) is 19.1 Å². The van der Waals surface area contributed by atoms with E-state index in [9.17, 15) is 9.59 Å². The zero-order valence-electron chi connectivity index (χ0n) is 11.5. The van der Waals surface area contributed by atoms with E-state index in [-0.39, 0.29) is 23.8 Å². The fraction of sp³-hybridized carbons (Fsp3) is 0.467. The normalized spacial score (nSPS) is 22.6. The summed E-state index contributed by atoms with van der Waals surface area (Å²) in [5.41, 5.74) is 6.28. The van der Waals surface area contributed by atoms with Crippen molar-refractivity contribution in [1.82, 2.24) is 4.90 Å². The zero-order chi connectivity index (χ0) is 14.7. The van der Waals surface area contributed by atoms with E-state index in [0.717, 1.165) is 18.4 Å². The van der Waals surface area contributed by atoms with Crippen LogP contribution in [0.25, 0.3) is 0 Å². The van der Waals surface area contributed by atoms with Gasteiger partial charge in [-0.3, -0.25) is 9.59 Å². The van der Waals surface area contributed by atoms with Crippen LogP contribution >= 0.6 is 11.6 Å². The van der Waals surface area contributed by atoms with Gasteiger partial charge in [0.15, 0.2) is 0 Å². The van der Waals surface area contributed by atoms with Gasteiger partial charge < -0.3 is 10.6 Å². The highest BCUT2D eigenvalue weighted by Crippen LogP contribution is 2.22. The Morgan fingerprint density at radius 1 is 1.30 bits per heavy atom. The molecule has 0 aromatic heterocycles. The lowest BCUT2D eigenvalue weighted by molar-refractivity contribution is -0.136. The van der Waals surface area contributed by atoms with Crippen LogP contribution in [0.2, 0.25) is 5.02 Å². The molecule has 1 aliphatic rings. The third-order valence-corrected chi connectivity index (χ3v) is 4.13. The van der Waals surface area contributed by atoms with Crippen molar-refractivity contribution in [3.05, 3.63) is 34.9 Å². The lowest BCUT2D eigenvalue weighted by atomic mass is 9.92. The molecule has 0 spiro atoms. The fourth-order valence-corrected chi connectivity index (χ4v) is 2.69. The van der Waals surface area contributed by atoms with E-state index >= 15 is 0 Å². The number of amides is 2. The molecule has 2 N–H and O–H groups in total. The highest BCUT2D eigenvalue weighted by Gasteiger charge is 2.31. The topological polar surface area (TPSA) is 63.4 Å². The molecule has 2 amide bonds. The van der Waals surface area contributed by atoms with Crippen molar-refractivity contribution in [1.29, 1.82) is 0 Å². The summed E-state index contributed by atoms with van der Waals surface area (Å²) in [5.74, 6) is -0.507. The molecule has 1 saturated heterocycles. The molecular weight excluding hydrogens is 276 g/mol. The van der Waals surface area contributed by atoms with Gasteiger partial charge in [-0.1, -0.05) is 23.7 Å². The Morgan fingerprint density at radius 3 is 2.55 bits per heavy atom. The summed E-state index contributed by atoms with van der Waals surface area (Å²) in [6.07, 6.45) is 1.91. The molecule has 2 unspecified atom stereocenters. The molecule has 1 aliphatic heterocycles. The van der Waals surface area contributed by atoms with Gasteiger partial charge in [0.1, 0.15) is 0 Å². The fourth-order valence-electron chi connectivity index (χ4n) is 2.57. The van der Waals surface area contributed by atoms with Crippen molar-refractivity contribution in [2.75, 3.05) is 6.54 Å². The van der Waals surface area contributed by atoms with Crippen LogP contribution in [0.4, 0.5) is 0 Å². The monoisotopic (exact) mass is 294 g/mol. The number of carbonyl (C=O) groups is 2. The van der Waals surface area contributed by atoms with Crippen LogP contribution in [0.1, 0.15) is 25.3 Å². The predicted octanol–water partition coefficient (Wildman–Crippen LogP) is 1.99. The van der Waals surface area contributed by atoms with Crippen molar-refractivity contribution >= 4 is 23.4 Å². The molecule has 1 aromatic carbocycles. The first kappa shape index (κ1) is 14.9. The zero-order valence-corrected chi connectivity index (χ0v) is 12.3. The van der Waals surface area contributed by atoms with Gasteiger partial charge in [-0.25, -0.2) is 0 Å². The average molecular weight is 295 g/mol. The lowest BCUT2D eigenvalue weighted by Crippen LogP contribution is -2.49. The molecule has 5 heteroatoms. The van der Waals surface area contributed by atoms with E-state index in [1.54, 1.807) is 17.0 Å². The van der Waals surface area contributed by atoms with Gasteiger partial charge >= 0.3 is 0 Å². The van der Waals surface area contributed by atoms with Crippen LogP contribution in [-0.4, -0.2) is 29.3 Å². The third kappa shape index (κ3) is 3.51. The Labute approximate surface area is 123 Å². The highest BCUT2D eigenvalue weighted by molar-refractivity contribution is 6.30. The molecular formula is C15H19ClN2O2. The third-order valence-electron chi connectivity index (χ3n) is 3.87. The number of benzene rings is 1. The quantitative estimate of drug-likeness (QED) is 0.926. The SMILES string of the molecule is CC1CCC(C(N)=O)CN1C(=O)Cc1ccc(Cl)cc1. The second-order valence-electron chi connectivity index (χ2n) is 5.38. The molecule has 1 fully saturated rings. The van der Waals surface area contributed by atoms with Gasteiger partial charge in [0, 0.05) is 17.6 Å². The second-order valence-corrected chi connectivity index (χ2v) is 5.81. The largest absolute Gasteiger partial charge is 0.369 e. The van der Waals surface area contributed by atoms with Crippen LogP contribution in [0.15, 0.2) is 24.3 Å². The number of piperidine rings is 1. The minimum absolute atomic E-state index is 0.0331. The Hall–Kier alpha value is -1.55. The van der Waals surface area contributed by atoms with Crippen molar-refractivity contribution in [2.24, 2.45) is 11.7 Å². The summed E-state index contributed by atoms with van der Waals surface area (Å²) in [7, 11) is 0. The molecule has 1 heterocycles. The molecule has 108 valence electrons. The van der Waals surface area contributed by atoms with Crippen molar-refractivity contribution in [3.63, 3.8) is 0 Å². The van der Waals surface area contributed by atoms with Crippen molar-refractivity contribution in [2.45, 2.75) is 32.2 Å². The Morgan fingerprint density at radius 2 is 1.95 bits per heavy atom. The van der Waals surface area contributed by atoms with Gasteiger partial charge in [-0.15, -0.1) is 0 Å². The summed E-state index contributed by atoms with van der Waals surface area (Å²) in [6, 6.07) is 7.40. The molecule has 2 atom stereocenters. The van der Waals surface area contributed by atoms with Crippen molar-refractivity contribution in [3.8, 4) is 0 Å². The molecule has 1 aromatic rings. The predicted molar refractivity (Wildman–Crippen MR) is 78.2 cm³/mol. The molecule has 0 aliphatic carbocycles. The van der Waals surface area contributed by atoms with E-state index in [4.69, 9.17) is 17.3 Å². The number of primary amides is 1. The number of hydrogen-bond donors (Lipinski definition) is 1. The summed E-state index contributed by atoms with van der Waals surface area (Å²) in [5, 5.41) is 0.654. The Kier molecular flexibility index (Phi) is 4.65. The van der Waals surface area contributed by atoms with Crippen molar-refractivity contribution < 1.29 is 9.59 Å². The van der Waals surface area contributed by atoms with E-state index < -0.39 is 0 Å². The molecule has 0 saturated carbocycles. The van der Waals surface area contributed by atoms with Gasteiger partial charge in [-0.2, -0.15) is 0 Å². The number of carbonyl (C=O) groups excluding carboxylic acids is 2. The van der Waals surface area contributed by atoms with Gasteiger partial charge in [0.05, 0.1) is 12.3 Å². The van der Waals surface area contributed by atoms with Crippen LogP contribution in [0, 0.1) is 5.92 Å². The summed E-state index contributed by atoms with van der Waals surface area (Å²) in [4.78, 5) is 25.4. The van der Waals surface area contributed by atoms with E-state index in [0.29, 0.717) is 18.0 Å².